The van der Waals surface area contributed by atoms with E-state index < -0.39 is 0 Å². The number of aromatic nitrogens is 2. The third kappa shape index (κ3) is 4.95. The Bertz CT molecular complexity index is 1460. The molecule has 0 aliphatic rings. The number of amides is 1. The predicted octanol–water partition coefficient (Wildman–Crippen LogP) is 5.70. The highest BCUT2D eigenvalue weighted by atomic mass is 16.5. The minimum absolute atomic E-state index is 0.263. The topological polar surface area (TPSA) is 76.6 Å². The van der Waals surface area contributed by atoms with Crippen LogP contribution in [0.25, 0.3) is 10.9 Å². The van der Waals surface area contributed by atoms with E-state index in [0.29, 0.717) is 40.4 Å². The van der Waals surface area contributed by atoms with Crippen LogP contribution >= 0.6 is 0 Å². The molecule has 1 heterocycles. The molecular formula is C29H24N4O3. The third-order valence-corrected chi connectivity index (χ3v) is 5.61. The zero-order valence-corrected chi connectivity index (χ0v) is 19.7. The van der Waals surface area contributed by atoms with Gasteiger partial charge in [0, 0.05) is 17.0 Å². The minimum Gasteiger partial charge on any atom is -0.493 e. The first-order valence-electron chi connectivity index (χ1n) is 11.4. The molecule has 7 nitrogen and oxygen atoms in total. The molecule has 0 aliphatic carbocycles. The number of nitrogens with zero attached hydrogens (tertiary/aromatic N) is 3. The van der Waals surface area contributed by atoms with E-state index in [1.807, 2.05) is 91.0 Å². The molecule has 1 N–H and O–H groups in total. The van der Waals surface area contributed by atoms with E-state index >= 15 is 0 Å². The summed E-state index contributed by atoms with van der Waals surface area (Å²) in [6.07, 6.45) is 1.47. The van der Waals surface area contributed by atoms with Gasteiger partial charge in [-0.25, -0.2) is 15.0 Å². The maximum atomic E-state index is 13.1. The summed E-state index contributed by atoms with van der Waals surface area (Å²) in [5.74, 6) is 1.35. The van der Waals surface area contributed by atoms with Crippen LogP contribution in [0, 0.1) is 0 Å². The fraction of sp³-hybridized carbons (Fsp3) is 0.0690. The number of carbonyl (C=O) groups is 1. The average Bonchev–Trinajstić information content (AvgIpc) is 2.95. The van der Waals surface area contributed by atoms with Gasteiger partial charge in [-0.15, -0.1) is 0 Å². The standard InChI is InChI=1S/C29H24N4O3/c1-35-26-17-24-25(18-27(26)36-19-21-11-5-2-6-12-21)30-20-31-28(24)33(23-15-9-4-10-16-23)32-29(34)22-13-7-3-8-14-22/h2-18,20H,19H2,1H3,(H,32,34). The Labute approximate surface area is 208 Å². The summed E-state index contributed by atoms with van der Waals surface area (Å²) in [4.78, 5) is 22.1. The molecule has 0 unspecified atom stereocenters. The van der Waals surface area contributed by atoms with Gasteiger partial charge in [0.05, 0.1) is 18.3 Å². The summed E-state index contributed by atoms with van der Waals surface area (Å²) in [6, 6.07) is 32.1. The molecule has 7 heteroatoms. The van der Waals surface area contributed by atoms with Crippen LogP contribution in [0.3, 0.4) is 0 Å². The fourth-order valence-corrected chi connectivity index (χ4v) is 3.81. The number of methoxy groups -OCH3 is 1. The number of hydrogen-bond donors (Lipinski definition) is 1. The molecule has 0 atom stereocenters. The molecule has 4 aromatic carbocycles. The number of carbonyl (C=O) groups excluding carboxylic acids is 1. The number of para-hydroxylation sites is 1. The lowest BCUT2D eigenvalue weighted by Gasteiger charge is -2.25. The van der Waals surface area contributed by atoms with Crippen LogP contribution in [0.15, 0.2) is 109 Å². The SMILES string of the molecule is COc1cc2c(N(NC(=O)c3ccccc3)c3ccccc3)ncnc2cc1OCc1ccccc1. The van der Waals surface area contributed by atoms with Gasteiger partial charge in [0.1, 0.15) is 12.9 Å². The number of ether oxygens (including phenoxy) is 2. The van der Waals surface area contributed by atoms with Crippen molar-refractivity contribution in [2.24, 2.45) is 0 Å². The molecule has 0 spiro atoms. The summed E-state index contributed by atoms with van der Waals surface area (Å²) >= 11 is 0. The molecular weight excluding hydrogens is 452 g/mol. The Hall–Kier alpha value is -4.91. The van der Waals surface area contributed by atoms with Gasteiger partial charge in [0.15, 0.2) is 17.3 Å². The van der Waals surface area contributed by atoms with Crippen LogP contribution in [0.1, 0.15) is 15.9 Å². The van der Waals surface area contributed by atoms with Gasteiger partial charge >= 0.3 is 0 Å². The Morgan fingerprint density at radius 1 is 0.833 bits per heavy atom. The van der Waals surface area contributed by atoms with E-state index in [1.54, 1.807) is 24.3 Å². The lowest BCUT2D eigenvalue weighted by Crippen LogP contribution is -2.39. The van der Waals surface area contributed by atoms with Gasteiger partial charge < -0.3 is 9.47 Å². The van der Waals surface area contributed by atoms with Crippen molar-refractivity contribution in [3.8, 4) is 11.5 Å². The first-order valence-corrected chi connectivity index (χ1v) is 11.4. The van der Waals surface area contributed by atoms with Gasteiger partial charge in [-0.05, 0) is 35.9 Å². The monoisotopic (exact) mass is 476 g/mol. The van der Waals surface area contributed by atoms with Crippen LogP contribution in [0.2, 0.25) is 0 Å². The molecule has 36 heavy (non-hydrogen) atoms. The maximum absolute atomic E-state index is 13.1. The Morgan fingerprint density at radius 3 is 2.19 bits per heavy atom. The second-order valence-corrected chi connectivity index (χ2v) is 7.97. The van der Waals surface area contributed by atoms with E-state index in [4.69, 9.17) is 9.47 Å². The molecule has 0 fully saturated rings. The minimum atomic E-state index is -0.263. The van der Waals surface area contributed by atoms with Crippen LogP contribution in [-0.2, 0) is 6.61 Å². The first-order chi connectivity index (χ1) is 17.7. The van der Waals surface area contributed by atoms with Crippen molar-refractivity contribution in [1.29, 1.82) is 0 Å². The molecule has 0 aliphatic heterocycles. The lowest BCUT2D eigenvalue weighted by molar-refractivity contribution is 0.0953. The summed E-state index contributed by atoms with van der Waals surface area (Å²) in [5.41, 5.74) is 5.96. The van der Waals surface area contributed by atoms with Gasteiger partial charge in [-0.2, -0.15) is 0 Å². The Morgan fingerprint density at radius 2 is 1.50 bits per heavy atom. The van der Waals surface area contributed by atoms with Crippen molar-refractivity contribution in [3.63, 3.8) is 0 Å². The van der Waals surface area contributed by atoms with Crippen molar-refractivity contribution in [1.82, 2.24) is 15.4 Å². The van der Waals surface area contributed by atoms with E-state index in [0.717, 1.165) is 11.3 Å². The molecule has 5 aromatic rings. The number of nitrogens with one attached hydrogen (secondary N) is 1. The van der Waals surface area contributed by atoms with Crippen molar-refractivity contribution >= 4 is 28.3 Å². The van der Waals surface area contributed by atoms with Crippen molar-refractivity contribution in [2.45, 2.75) is 6.61 Å². The summed E-state index contributed by atoms with van der Waals surface area (Å²) < 4.78 is 11.7. The number of anilines is 2. The summed E-state index contributed by atoms with van der Waals surface area (Å²) in [6.45, 7) is 0.393. The summed E-state index contributed by atoms with van der Waals surface area (Å²) in [7, 11) is 1.59. The lowest BCUT2D eigenvalue weighted by atomic mass is 10.2. The first kappa shape index (κ1) is 22.9. The summed E-state index contributed by atoms with van der Waals surface area (Å²) in [5, 5.41) is 2.35. The number of fused-ring (bicyclic) bond motifs is 1. The maximum Gasteiger partial charge on any atom is 0.270 e. The molecule has 178 valence electrons. The highest BCUT2D eigenvalue weighted by Gasteiger charge is 2.20. The molecule has 0 saturated heterocycles. The van der Waals surface area contributed by atoms with Crippen LogP contribution in [-0.4, -0.2) is 23.0 Å². The van der Waals surface area contributed by atoms with Crippen molar-refractivity contribution in [3.05, 3.63) is 121 Å². The van der Waals surface area contributed by atoms with Gasteiger partial charge in [0.25, 0.3) is 5.91 Å². The van der Waals surface area contributed by atoms with Crippen LogP contribution < -0.4 is 19.9 Å². The molecule has 5 rings (SSSR count). The Balaban J connectivity index is 1.54. The smallest absolute Gasteiger partial charge is 0.270 e. The third-order valence-electron chi connectivity index (χ3n) is 5.61. The fourth-order valence-electron chi connectivity index (χ4n) is 3.81. The van der Waals surface area contributed by atoms with Crippen molar-refractivity contribution < 1.29 is 14.3 Å². The molecule has 1 aromatic heterocycles. The molecule has 0 saturated carbocycles. The number of rotatable bonds is 8. The van der Waals surface area contributed by atoms with Crippen LogP contribution in [0.5, 0.6) is 11.5 Å². The second-order valence-electron chi connectivity index (χ2n) is 7.97. The van der Waals surface area contributed by atoms with E-state index in [2.05, 4.69) is 15.4 Å². The van der Waals surface area contributed by atoms with E-state index in [1.165, 1.54) is 6.33 Å². The van der Waals surface area contributed by atoms with E-state index in [-0.39, 0.29) is 5.91 Å². The average molecular weight is 477 g/mol. The Kier molecular flexibility index (Phi) is 6.71. The predicted molar refractivity (Wildman–Crippen MR) is 139 cm³/mol. The molecule has 0 bridgehead atoms. The second kappa shape index (κ2) is 10.6. The van der Waals surface area contributed by atoms with Crippen LogP contribution in [0.4, 0.5) is 11.5 Å². The largest absolute Gasteiger partial charge is 0.493 e. The molecule has 0 radical (unpaired) electrons. The van der Waals surface area contributed by atoms with E-state index in [9.17, 15) is 4.79 Å². The highest BCUT2D eigenvalue weighted by Crippen LogP contribution is 2.36. The quantitative estimate of drug-likeness (QED) is 0.290. The zero-order valence-electron chi connectivity index (χ0n) is 19.7. The van der Waals surface area contributed by atoms with Crippen molar-refractivity contribution in [2.75, 3.05) is 12.1 Å². The molecule has 1 amide bonds. The highest BCUT2D eigenvalue weighted by molar-refractivity contribution is 5.99. The number of hydrazine groups is 1. The number of benzene rings is 4. The van der Waals surface area contributed by atoms with Gasteiger partial charge in [-0.3, -0.25) is 10.2 Å². The zero-order chi connectivity index (χ0) is 24.7. The van der Waals surface area contributed by atoms with Gasteiger partial charge in [0.2, 0.25) is 0 Å². The normalized spacial score (nSPS) is 10.6. The number of hydrogen-bond acceptors (Lipinski definition) is 6. The van der Waals surface area contributed by atoms with Gasteiger partial charge in [-0.1, -0.05) is 66.7 Å².